The highest BCUT2D eigenvalue weighted by molar-refractivity contribution is 5.78. The van der Waals surface area contributed by atoms with Gasteiger partial charge in [-0.15, -0.1) is 0 Å². The van der Waals surface area contributed by atoms with Crippen LogP contribution < -0.4 is 0 Å². The molecule has 0 aliphatic heterocycles. The molecule has 4 heteroatoms. The molecule has 0 N–H and O–H groups in total. The number of benzene rings is 2. The van der Waals surface area contributed by atoms with Gasteiger partial charge in [0.15, 0.2) is 0 Å². The van der Waals surface area contributed by atoms with E-state index in [1.807, 2.05) is 64.1 Å². The predicted molar refractivity (Wildman–Crippen MR) is 102 cm³/mol. The number of carbonyl (C=O) groups is 1. The maximum Gasteiger partial charge on any atom is 0.310 e. The van der Waals surface area contributed by atoms with Crippen molar-refractivity contribution in [3.63, 3.8) is 0 Å². The first-order valence-electron chi connectivity index (χ1n) is 9.07. The van der Waals surface area contributed by atoms with E-state index in [-0.39, 0.29) is 6.61 Å². The quantitative estimate of drug-likeness (QED) is 0.598. The zero-order valence-corrected chi connectivity index (χ0v) is 16.1. The average molecular weight is 370 g/mol. The van der Waals surface area contributed by atoms with Crippen molar-refractivity contribution in [2.75, 3.05) is 0 Å². The predicted octanol–water partition coefficient (Wildman–Crippen LogP) is 6.07. The molecule has 142 valence electrons. The van der Waals surface area contributed by atoms with Crippen LogP contribution in [0.25, 0.3) is 11.1 Å². The summed E-state index contributed by atoms with van der Waals surface area (Å²) < 4.78 is 30.7. The molecule has 0 heterocycles. The van der Waals surface area contributed by atoms with Gasteiger partial charge < -0.3 is 4.74 Å². The van der Waals surface area contributed by atoms with Gasteiger partial charge in [0.25, 0.3) is 6.08 Å². The summed E-state index contributed by atoms with van der Waals surface area (Å²) in [6.07, 6.45) is -0.871. The first kappa shape index (κ1) is 19.3. The Bertz CT molecular complexity index is 881. The van der Waals surface area contributed by atoms with Gasteiger partial charge in [-0.25, -0.2) is 0 Å². The van der Waals surface area contributed by atoms with Crippen molar-refractivity contribution in [3.05, 3.63) is 71.3 Å². The molecule has 0 radical (unpaired) electrons. The van der Waals surface area contributed by atoms with Crippen LogP contribution in [-0.4, -0.2) is 5.97 Å². The number of rotatable bonds is 5. The Hall–Kier alpha value is -2.49. The zero-order chi connectivity index (χ0) is 19.8. The van der Waals surface area contributed by atoms with Crippen LogP contribution in [0.15, 0.2) is 54.6 Å². The van der Waals surface area contributed by atoms with Crippen LogP contribution in [0, 0.1) is 31.1 Å². The lowest BCUT2D eigenvalue weighted by Gasteiger charge is -2.15. The van der Waals surface area contributed by atoms with E-state index in [0.29, 0.717) is 0 Å². The molecule has 2 atom stereocenters. The molecule has 2 nitrogen and oxygen atoms in total. The van der Waals surface area contributed by atoms with Crippen LogP contribution in [0.5, 0.6) is 0 Å². The molecule has 2 aromatic rings. The van der Waals surface area contributed by atoms with Crippen LogP contribution in [0.3, 0.4) is 0 Å². The molecule has 1 aliphatic rings. The largest absolute Gasteiger partial charge is 0.461 e. The molecule has 1 fully saturated rings. The van der Waals surface area contributed by atoms with Crippen molar-refractivity contribution in [3.8, 4) is 11.1 Å². The lowest BCUT2D eigenvalue weighted by molar-refractivity contribution is -0.147. The fourth-order valence-electron chi connectivity index (χ4n) is 3.85. The van der Waals surface area contributed by atoms with Gasteiger partial charge in [-0.05, 0) is 53.2 Å². The van der Waals surface area contributed by atoms with Crippen molar-refractivity contribution >= 4 is 5.97 Å². The summed E-state index contributed by atoms with van der Waals surface area (Å²) in [6, 6.07) is 14.1. The second-order valence-corrected chi connectivity index (χ2v) is 7.79. The first-order chi connectivity index (χ1) is 12.7. The lowest BCUT2D eigenvalue weighted by atomic mass is 9.94. The van der Waals surface area contributed by atoms with E-state index < -0.39 is 29.3 Å². The fourth-order valence-corrected chi connectivity index (χ4v) is 3.85. The smallest absolute Gasteiger partial charge is 0.310 e. The molecule has 2 aromatic carbocycles. The second-order valence-electron chi connectivity index (χ2n) is 7.79. The van der Waals surface area contributed by atoms with Crippen LogP contribution in [0.4, 0.5) is 8.78 Å². The minimum Gasteiger partial charge on any atom is -0.461 e. The van der Waals surface area contributed by atoms with Crippen molar-refractivity contribution in [2.24, 2.45) is 17.3 Å². The Morgan fingerprint density at radius 2 is 1.78 bits per heavy atom. The number of carbonyl (C=O) groups excluding carboxylic acids is 1. The highest BCUT2D eigenvalue weighted by Gasteiger charge is 2.62. The first-order valence-corrected chi connectivity index (χ1v) is 9.07. The van der Waals surface area contributed by atoms with Gasteiger partial charge in [0.1, 0.15) is 6.61 Å². The van der Waals surface area contributed by atoms with E-state index in [0.717, 1.165) is 33.9 Å². The Balaban J connectivity index is 1.77. The van der Waals surface area contributed by atoms with Gasteiger partial charge in [0.2, 0.25) is 0 Å². The number of allylic oxidation sites excluding steroid dienone is 1. The van der Waals surface area contributed by atoms with Crippen LogP contribution in [-0.2, 0) is 16.1 Å². The van der Waals surface area contributed by atoms with E-state index in [4.69, 9.17) is 4.74 Å². The Kier molecular flexibility index (Phi) is 5.18. The minimum atomic E-state index is -1.74. The molecule has 27 heavy (non-hydrogen) atoms. The highest BCUT2D eigenvalue weighted by atomic mass is 19.3. The number of esters is 1. The molecule has 0 amide bonds. The molecule has 0 saturated heterocycles. The third kappa shape index (κ3) is 3.80. The van der Waals surface area contributed by atoms with Gasteiger partial charge in [0, 0.05) is 5.92 Å². The van der Waals surface area contributed by atoms with E-state index in [2.05, 4.69) is 6.07 Å². The molecular weight excluding hydrogens is 346 g/mol. The molecule has 1 aliphatic carbocycles. The summed E-state index contributed by atoms with van der Waals surface area (Å²) in [5.41, 5.74) is 4.79. The average Bonchev–Trinajstić information content (AvgIpc) is 3.14. The molecule has 3 rings (SSSR count). The number of hydrogen-bond acceptors (Lipinski definition) is 2. The number of ether oxygens (including phenoxy) is 1. The summed E-state index contributed by atoms with van der Waals surface area (Å²) in [4.78, 5) is 12.5. The highest BCUT2D eigenvalue weighted by Crippen LogP contribution is 2.60. The molecular formula is C23H24F2O2. The standard InChI is InChI=1S/C23H24F2O2/c1-14-10-11-17(16-8-6-5-7-9-16)15(2)18(14)13-27-22(26)21-19(12-20(24)25)23(21,3)4/h5-12,19,21H,13H2,1-4H3/t19-,21-/m0/s1. The summed E-state index contributed by atoms with van der Waals surface area (Å²) in [5.74, 6) is -1.39. The number of halogens is 2. The SMILES string of the molecule is Cc1ccc(-c2ccccc2)c(C)c1COC(=O)[C@@H]1[C@H](C=C(F)F)C1(C)C. The van der Waals surface area contributed by atoms with Crippen LogP contribution in [0.2, 0.25) is 0 Å². The van der Waals surface area contributed by atoms with E-state index in [9.17, 15) is 13.6 Å². The van der Waals surface area contributed by atoms with Crippen molar-refractivity contribution in [1.82, 2.24) is 0 Å². The topological polar surface area (TPSA) is 26.3 Å². The molecule has 0 aromatic heterocycles. The minimum absolute atomic E-state index is 0.151. The maximum absolute atomic E-state index is 12.6. The Morgan fingerprint density at radius 1 is 1.11 bits per heavy atom. The van der Waals surface area contributed by atoms with Crippen molar-refractivity contribution < 1.29 is 18.3 Å². The van der Waals surface area contributed by atoms with Crippen molar-refractivity contribution in [2.45, 2.75) is 34.3 Å². The van der Waals surface area contributed by atoms with Crippen LogP contribution in [0.1, 0.15) is 30.5 Å². The number of aryl methyl sites for hydroxylation is 1. The lowest BCUT2D eigenvalue weighted by Crippen LogP contribution is -2.12. The van der Waals surface area contributed by atoms with E-state index in [1.54, 1.807) is 0 Å². The van der Waals surface area contributed by atoms with E-state index in [1.165, 1.54) is 0 Å². The third-order valence-electron chi connectivity index (χ3n) is 5.75. The molecule has 0 bridgehead atoms. The normalized spacial score (nSPS) is 20.1. The van der Waals surface area contributed by atoms with Gasteiger partial charge in [-0.2, -0.15) is 8.78 Å². The number of hydrogen-bond donors (Lipinski definition) is 0. The summed E-state index contributed by atoms with van der Waals surface area (Å²) in [6.45, 7) is 7.78. The van der Waals surface area contributed by atoms with Gasteiger partial charge >= 0.3 is 5.97 Å². The molecule has 0 spiro atoms. The second kappa shape index (κ2) is 7.26. The molecule has 1 saturated carbocycles. The van der Waals surface area contributed by atoms with Crippen LogP contribution >= 0.6 is 0 Å². The fraction of sp³-hybridized carbons (Fsp3) is 0.348. The van der Waals surface area contributed by atoms with Crippen molar-refractivity contribution in [1.29, 1.82) is 0 Å². The summed E-state index contributed by atoms with van der Waals surface area (Å²) >= 11 is 0. The van der Waals surface area contributed by atoms with Gasteiger partial charge in [0.05, 0.1) is 5.92 Å². The monoisotopic (exact) mass is 370 g/mol. The third-order valence-corrected chi connectivity index (χ3v) is 5.75. The Morgan fingerprint density at radius 3 is 2.41 bits per heavy atom. The summed E-state index contributed by atoms with van der Waals surface area (Å²) in [7, 11) is 0. The molecule has 0 unspecified atom stereocenters. The van der Waals surface area contributed by atoms with E-state index >= 15 is 0 Å². The van der Waals surface area contributed by atoms with Gasteiger partial charge in [-0.3, -0.25) is 4.79 Å². The maximum atomic E-state index is 12.6. The van der Waals surface area contributed by atoms with Gasteiger partial charge in [-0.1, -0.05) is 56.3 Å². The summed E-state index contributed by atoms with van der Waals surface area (Å²) in [5, 5.41) is 0. The zero-order valence-electron chi connectivity index (χ0n) is 16.1. The Labute approximate surface area is 158 Å².